The van der Waals surface area contributed by atoms with Gasteiger partial charge < -0.3 is 9.88 Å². The summed E-state index contributed by atoms with van der Waals surface area (Å²) in [6.07, 6.45) is 2.15. The van der Waals surface area contributed by atoms with E-state index in [1.54, 1.807) is 6.07 Å². The molecule has 0 saturated carbocycles. The number of aromatic nitrogens is 3. The third-order valence-electron chi connectivity index (χ3n) is 4.81. The molecule has 0 unspecified atom stereocenters. The van der Waals surface area contributed by atoms with Crippen molar-refractivity contribution in [2.45, 2.75) is 25.7 Å². The zero-order valence-electron chi connectivity index (χ0n) is 13.0. The van der Waals surface area contributed by atoms with Gasteiger partial charge in [0.2, 0.25) is 0 Å². The van der Waals surface area contributed by atoms with Gasteiger partial charge in [-0.05, 0) is 51.5 Å². The predicted molar refractivity (Wildman–Crippen MR) is 87.5 cm³/mol. The molecule has 0 atom stereocenters. The number of hydrogen-bond donors (Lipinski definition) is 1. The maximum atomic E-state index is 12.2. The first-order valence-electron chi connectivity index (χ1n) is 7.83. The summed E-state index contributed by atoms with van der Waals surface area (Å²) in [6.45, 7) is 4.20. The fourth-order valence-electron chi connectivity index (χ4n) is 3.55. The summed E-state index contributed by atoms with van der Waals surface area (Å²) < 4.78 is 1.95. The standard InChI is InChI=1S/C17H20N4O/c1-11-4-3-5-13-16(11)17-18-15(22)10-14(21(17)19-13)12-6-8-20(2)9-7-12/h3-5,10,12H,6-9H2,1-2H3,(H,18,22). The predicted octanol–water partition coefficient (Wildman–Crippen LogP) is 2.29. The van der Waals surface area contributed by atoms with Crippen molar-refractivity contribution in [1.82, 2.24) is 19.5 Å². The minimum Gasteiger partial charge on any atom is -0.306 e. The summed E-state index contributed by atoms with van der Waals surface area (Å²) in [7, 11) is 2.15. The van der Waals surface area contributed by atoms with E-state index in [0.29, 0.717) is 5.92 Å². The highest BCUT2D eigenvalue weighted by Gasteiger charge is 2.22. The molecule has 0 amide bonds. The molecular weight excluding hydrogens is 276 g/mol. The van der Waals surface area contributed by atoms with Gasteiger partial charge in [-0.2, -0.15) is 5.10 Å². The highest BCUT2D eigenvalue weighted by molar-refractivity contribution is 5.94. The van der Waals surface area contributed by atoms with Crippen LogP contribution in [0.3, 0.4) is 0 Å². The minimum absolute atomic E-state index is 0.0357. The average molecular weight is 296 g/mol. The summed E-state index contributed by atoms with van der Waals surface area (Å²) in [4.78, 5) is 17.5. The highest BCUT2D eigenvalue weighted by Crippen LogP contribution is 2.29. The molecule has 3 aromatic rings. The van der Waals surface area contributed by atoms with Crippen molar-refractivity contribution in [3.63, 3.8) is 0 Å². The molecule has 0 bridgehead atoms. The van der Waals surface area contributed by atoms with Crippen LogP contribution in [-0.4, -0.2) is 39.6 Å². The van der Waals surface area contributed by atoms with E-state index in [0.717, 1.165) is 53.7 Å². The first-order chi connectivity index (χ1) is 10.6. The van der Waals surface area contributed by atoms with E-state index in [-0.39, 0.29) is 5.56 Å². The topological polar surface area (TPSA) is 53.4 Å². The second-order valence-electron chi connectivity index (χ2n) is 6.37. The number of benzene rings is 1. The van der Waals surface area contributed by atoms with Crippen molar-refractivity contribution < 1.29 is 0 Å². The Bertz CT molecular complexity index is 900. The summed E-state index contributed by atoms with van der Waals surface area (Å²) >= 11 is 0. The largest absolute Gasteiger partial charge is 0.306 e. The van der Waals surface area contributed by atoms with Gasteiger partial charge in [-0.15, -0.1) is 0 Å². The Hall–Kier alpha value is -2.14. The molecule has 1 aliphatic heterocycles. The van der Waals surface area contributed by atoms with Gasteiger partial charge in [0.25, 0.3) is 5.56 Å². The second kappa shape index (κ2) is 4.95. The van der Waals surface area contributed by atoms with Crippen molar-refractivity contribution >= 4 is 16.6 Å². The smallest absolute Gasteiger partial charge is 0.251 e. The Morgan fingerprint density at radius 3 is 2.82 bits per heavy atom. The Morgan fingerprint density at radius 2 is 2.05 bits per heavy atom. The monoisotopic (exact) mass is 296 g/mol. The molecule has 1 saturated heterocycles. The lowest BCUT2D eigenvalue weighted by atomic mass is 9.93. The summed E-state index contributed by atoms with van der Waals surface area (Å²) in [5.74, 6) is 0.399. The number of piperidine rings is 1. The van der Waals surface area contributed by atoms with Crippen LogP contribution in [0, 0.1) is 6.92 Å². The van der Waals surface area contributed by atoms with Gasteiger partial charge >= 0.3 is 0 Å². The lowest BCUT2D eigenvalue weighted by Gasteiger charge is -2.29. The van der Waals surface area contributed by atoms with Crippen LogP contribution in [0.25, 0.3) is 16.6 Å². The van der Waals surface area contributed by atoms with Crippen LogP contribution in [-0.2, 0) is 0 Å². The minimum atomic E-state index is -0.0357. The summed E-state index contributed by atoms with van der Waals surface area (Å²) in [5, 5.41) is 5.79. The maximum absolute atomic E-state index is 12.2. The Morgan fingerprint density at radius 1 is 1.27 bits per heavy atom. The number of nitrogens with one attached hydrogen (secondary N) is 1. The number of H-pyrrole nitrogens is 1. The molecule has 1 aromatic carbocycles. The van der Waals surface area contributed by atoms with E-state index >= 15 is 0 Å². The normalized spacial score (nSPS) is 17.5. The molecule has 0 radical (unpaired) electrons. The van der Waals surface area contributed by atoms with Crippen molar-refractivity contribution in [2.75, 3.05) is 20.1 Å². The maximum Gasteiger partial charge on any atom is 0.251 e. The van der Waals surface area contributed by atoms with Gasteiger partial charge in [-0.25, -0.2) is 4.52 Å². The molecule has 5 heteroatoms. The van der Waals surface area contributed by atoms with Crippen molar-refractivity contribution in [3.8, 4) is 0 Å². The van der Waals surface area contributed by atoms with Crippen molar-refractivity contribution in [1.29, 1.82) is 0 Å². The van der Waals surface area contributed by atoms with Crippen LogP contribution in [0.15, 0.2) is 29.1 Å². The van der Waals surface area contributed by atoms with Crippen LogP contribution in [0.1, 0.15) is 30.0 Å². The lowest BCUT2D eigenvalue weighted by Crippen LogP contribution is -2.30. The molecule has 1 fully saturated rings. The van der Waals surface area contributed by atoms with E-state index < -0.39 is 0 Å². The Balaban J connectivity index is 1.97. The third-order valence-corrected chi connectivity index (χ3v) is 4.81. The van der Waals surface area contributed by atoms with E-state index in [1.165, 1.54) is 0 Å². The third kappa shape index (κ3) is 2.04. The molecule has 0 aliphatic carbocycles. The first-order valence-corrected chi connectivity index (χ1v) is 7.83. The lowest BCUT2D eigenvalue weighted by molar-refractivity contribution is 0.252. The summed E-state index contributed by atoms with van der Waals surface area (Å²) in [5.41, 5.74) is 3.92. The molecule has 4 rings (SSSR count). The van der Waals surface area contributed by atoms with E-state index in [4.69, 9.17) is 5.10 Å². The van der Waals surface area contributed by atoms with E-state index in [1.807, 2.05) is 16.6 Å². The van der Waals surface area contributed by atoms with Gasteiger partial charge in [0.05, 0.1) is 11.2 Å². The van der Waals surface area contributed by atoms with E-state index in [9.17, 15) is 4.79 Å². The number of hydrogen-bond acceptors (Lipinski definition) is 3. The number of nitrogens with zero attached hydrogens (tertiary/aromatic N) is 3. The van der Waals surface area contributed by atoms with Crippen LogP contribution in [0.2, 0.25) is 0 Å². The molecular formula is C17H20N4O. The molecule has 0 spiro atoms. The molecule has 1 aliphatic rings. The summed E-state index contributed by atoms with van der Waals surface area (Å²) in [6, 6.07) is 7.80. The fraction of sp³-hybridized carbons (Fsp3) is 0.412. The van der Waals surface area contributed by atoms with Gasteiger partial charge in [0.1, 0.15) is 5.65 Å². The molecule has 5 nitrogen and oxygen atoms in total. The van der Waals surface area contributed by atoms with Gasteiger partial charge in [-0.1, -0.05) is 12.1 Å². The van der Waals surface area contributed by atoms with Crippen LogP contribution >= 0.6 is 0 Å². The molecule has 2 aromatic heterocycles. The van der Waals surface area contributed by atoms with Crippen LogP contribution in [0.5, 0.6) is 0 Å². The van der Waals surface area contributed by atoms with Crippen LogP contribution < -0.4 is 5.56 Å². The van der Waals surface area contributed by atoms with Crippen molar-refractivity contribution in [3.05, 3.63) is 45.9 Å². The fourth-order valence-corrected chi connectivity index (χ4v) is 3.55. The quantitative estimate of drug-likeness (QED) is 0.749. The first kappa shape index (κ1) is 13.5. The van der Waals surface area contributed by atoms with Gasteiger partial charge in [-0.3, -0.25) is 4.79 Å². The number of likely N-dealkylation sites (tertiary alicyclic amines) is 1. The second-order valence-corrected chi connectivity index (χ2v) is 6.37. The molecule has 114 valence electrons. The van der Waals surface area contributed by atoms with Gasteiger partial charge in [0, 0.05) is 17.4 Å². The zero-order chi connectivity index (χ0) is 15.3. The average Bonchev–Trinajstić information content (AvgIpc) is 2.87. The highest BCUT2D eigenvalue weighted by atomic mass is 16.1. The van der Waals surface area contributed by atoms with Crippen LogP contribution in [0.4, 0.5) is 0 Å². The number of aromatic amines is 1. The van der Waals surface area contributed by atoms with E-state index in [2.05, 4.69) is 29.9 Å². The molecule has 22 heavy (non-hydrogen) atoms. The van der Waals surface area contributed by atoms with Gasteiger partial charge in [0.15, 0.2) is 0 Å². The molecule has 3 heterocycles. The Kier molecular flexibility index (Phi) is 3.04. The number of rotatable bonds is 1. The van der Waals surface area contributed by atoms with Crippen molar-refractivity contribution in [2.24, 2.45) is 0 Å². The Labute approximate surface area is 128 Å². The molecule has 1 N–H and O–H groups in total. The number of fused-ring (bicyclic) bond motifs is 3. The number of aryl methyl sites for hydroxylation is 1. The zero-order valence-corrected chi connectivity index (χ0v) is 13.0. The SMILES string of the molecule is Cc1cccc2nn3c(C4CCN(C)CC4)cc(=O)[nH]c3c12.